The monoisotopic (exact) mass is 374 g/mol. The standard InChI is InChI=1S/C21H11ClN2O3/c1-10-15-16(11-6-8-12(22)9-7-11)17-18(23-21(15)27-24-10)13-4-2-3-5-14(13)19(25)20(17)26/h2-9H,1H3. The average molecular weight is 375 g/mol. The maximum Gasteiger partial charge on any atom is 0.259 e. The number of ketones is 2. The lowest BCUT2D eigenvalue weighted by molar-refractivity contribution is 0.0815. The zero-order chi connectivity index (χ0) is 18.7. The predicted octanol–water partition coefficient (Wildman–Crippen LogP) is 4.90. The maximum absolute atomic E-state index is 13.1. The quantitative estimate of drug-likeness (QED) is 0.443. The first kappa shape index (κ1) is 15.9. The second-order valence-electron chi connectivity index (χ2n) is 6.37. The molecule has 2 heterocycles. The lowest BCUT2D eigenvalue weighted by atomic mass is 9.82. The first-order valence-electron chi connectivity index (χ1n) is 8.30. The van der Waals surface area contributed by atoms with Crippen LogP contribution in [0.15, 0.2) is 53.1 Å². The Bertz CT molecular complexity index is 1270. The van der Waals surface area contributed by atoms with Crippen molar-refractivity contribution < 1.29 is 14.1 Å². The van der Waals surface area contributed by atoms with Gasteiger partial charge in [-0.2, -0.15) is 0 Å². The second kappa shape index (κ2) is 5.59. The number of hydrogen-bond donors (Lipinski definition) is 0. The molecule has 0 saturated carbocycles. The molecule has 0 bridgehead atoms. The van der Waals surface area contributed by atoms with E-state index < -0.39 is 11.6 Å². The van der Waals surface area contributed by atoms with E-state index in [-0.39, 0.29) is 5.56 Å². The molecular formula is C21H11ClN2O3. The summed E-state index contributed by atoms with van der Waals surface area (Å²) in [4.78, 5) is 30.3. The molecule has 2 aromatic carbocycles. The lowest BCUT2D eigenvalue weighted by Crippen LogP contribution is -2.23. The SMILES string of the molecule is Cc1noc2nc3c(c(-c4ccc(Cl)cc4)c12)C(=O)C(=O)c1ccccc1-3. The molecule has 0 spiro atoms. The van der Waals surface area contributed by atoms with Gasteiger partial charge >= 0.3 is 0 Å². The number of halogens is 1. The third kappa shape index (κ3) is 2.18. The first-order chi connectivity index (χ1) is 13.1. The average Bonchev–Trinajstić information content (AvgIpc) is 3.06. The van der Waals surface area contributed by atoms with Crippen LogP contribution in [0, 0.1) is 6.92 Å². The third-order valence-corrected chi connectivity index (χ3v) is 5.04. The van der Waals surface area contributed by atoms with Gasteiger partial charge < -0.3 is 4.52 Å². The van der Waals surface area contributed by atoms with E-state index in [9.17, 15) is 9.59 Å². The molecule has 0 atom stereocenters. The Balaban J connectivity index is 1.98. The van der Waals surface area contributed by atoms with Crippen LogP contribution in [-0.4, -0.2) is 21.7 Å². The highest BCUT2D eigenvalue weighted by Crippen LogP contribution is 2.42. The minimum absolute atomic E-state index is 0.278. The summed E-state index contributed by atoms with van der Waals surface area (Å²) in [5.74, 6) is -1.12. The Morgan fingerprint density at radius 2 is 1.59 bits per heavy atom. The molecule has 5 rings (SSSR count). The van der Waals surface area contributed by atoms with Gasteiger partial charge in [-0.3, -0.25) is 9.59 Å². The number of hydrogen-bond acceptors (Lipinski definition) is 5. The van der Waals surface area contributed by atoms with Crippen molar-refractivity contribution in [3.8, 4) is 22.4 Å². The molecule has 0 aliphatic heterocycles. The smallest absolute Gasteiger partial charge is 0.259 e. The number of benzene rings is 2. The van der Waals surface area contributed by atoms with E-state index in [0.717, 1.165) is 5.56 Å². The number of carbonyl (C=O) groups is 2. The Kier molecular flexibility index (Phi) is 3.29. The molecule has 0 N–H and O–H groups in total. The van der Waals surface area contributed by atoms with E-state index in [1.165, 1.54) is 0 Å². The van der Waals surface area contributed by atoms with Gasteiger partial charge in [-0.15, -0.1) is 0 Å². The summed E-state index contributed by atoms with van der Waals surface area (Å²) in [6.45, 7) is 1.78. The molecule has 130 valence electrons. The number of carbonyl (C=O) groups excluding carboxylic acids is 2. The second-order valence-corrected chi connectivity index (χ2v) is 6.81. The summed E-state index contributed by atoms with van der Waals surface area (Å²) in [5.41, 5.74) is 3.94. The normalized spacial score (nSPS) is 13.0. The number of rotatable bonds is 1. The fourth-order valence-electron chi connectivity index (χ4n) is 3.57. The maximum atomic E-state index is 13.1. The molecule has 0 unspecified atom stereocenters. The lowest BCUT2D eigenvalue weighted by Gasteiger charge is -2.20. The molecule has 0 amide bonds. The van der Waals surface area contributed by atoms with E-state index in [1.54, 1.807) is 37.3 Å². The van der Waals surface area contributed by atoms with Crippen molar-refractivity contribution >= 4 is 34.3 Å². The number of fused-ring (bicyclic) bond motifs is 4. The largest absolute Gasteiger partial charge is 0.336 e. The van der Waals surface area contributed by atoms with Crippen molar-refractivity contribution in [1.82, 2.24) is 10.1 Å². The fraction of sp³-hybridized carbons (Fsp3) is 0.0476. The molecular weight excluding hydrogens is 364 g/mol. The van der Waals surface area contributed by atoms with Crippen molar-refractivity contribution in [3.63, 3.8) is 0 Å². The van der Waals surface area contributed by atoms with Crippen LogP contribution in [0.4, 0.5) is 0 Å². The Hall–Kier alpha value is -3.31. The summed E-state index contributed by atoms with van der Waals surface area (Å²) in [5, 5.41) is 5.21. The van der Waals surface area contributed by atoms with E-state index in [0.29, 0.717) is 44.2 Å². The Morgan fingerprint density at radius 1 is 0.889 bits per heavy atom. The fourth-order valence-corrected chi connectivity index (χ4v) is 3.69. The van der Waals surface area contributed by atoms with Gasteiger partial charge in [0.2, 0.25) is 11.6 Å². The van der Waals surface area contributed by atoms with Gasteiger partial charge in [-0.05, 0) is 24.6 Å². The van der Waals surface area contributed by atoms with Gasteiger partial charge in [-0.25, -0.2) is 4.98 Å². The van der Waals surface area contributed by atoms with Crippen LogP contribution in [0.3, 0.4) is 0 Å². The van der Waals surface area contributed by atoms with Crippen molar-refractivity contribution in [3.05, 3.63) is 70.4 Å². The molecule has 0 saturated heterocycles. The zero-order valence-electron chi connectivity index (χ0n) is 14.1. The molecule has 5 nitrogen and oxygen atoms in total. The number of aromatic nitrogens is 2. The molecule has 27 heavy (non-hydrogen) atoms. The van der Waals surface area contributed by atoms with Gasteiger partial charge in [0.1, 0.15) is 0 Å². The van der Waals surface area contributed by atoms with Crippen molar-refractivity contribution in [2.75, 3.05) is 0 Å². The van der Waals surface area contributed by atoms with Gasteiger partial charge in [0.15, 0.2) is 0 Å². The first-order valence-corrected chi connectivity index (χ1v) is 8.68. The Morgan fingerprint density at radius 3 is 2.33 bits per heavy atom. The van der Waals surface area contributed by atoms with Crippen molar-refractivity contribution in [2.24, 2.45) is 0 Å². The number of pyridine rings is 1. The van der Waals surface area contributed by atoms with Gasteiger partial charge in [0.05, 0.1) is 22.3 Å². The highest BCUT2D eigenvalue weighted by molar-refractivity contribution is 6.54. The summed E-state index contributed by atoms with van der Waals surface area (Å²) >= 11 is 6.03. The van der Waals surface area contributed by atoms with Crippen LogP contribution in [0.25, 0.3) is 33.5 Å². The molecule has 0 radical (unpaired) electrons. The molecule has 1 aliphatic carbocycles. The van der Waals surface area contributed by atoms with Crippen molar-refractivity contribution in [2.45, 2.75) is 6.92 Å². The van der Waals surface area contributed by atoms with Crippen LogP contribution in [0.1, 0.15) is 26.4 Å². The van der Waals surface area contributed by atoms with Gasteiger partial charge in [0, 0.05) is 21.7 Å². The van der Waals surface area contributed by atoms with Gasteiger partial charge in [0.25, 0.3) is 5.71 Å². The predicted molar refractivity (Wildman–Crippen MR) is 101 cm³/mol. The highest BCUT2D eigenvalue weighted by Gasteiger charge is 2.36. The summed E-state index contributed by atoms with van der Waals surface area (Å²) in [6, 6.07) is 14.1. The summed E-state index contributed by atoms with van der Waals surface area (Å²) < 4.78 is 5.39. The molecule has 0 fully saturated rings. The molecule has 6 heteroatoms. The zero-order valence-corrected chi connectivity index (χ0v) is 14.9. The Labute approximate surface area is 158 Å². The third-order valence-electron chi connectivity index (χ3n) is 4.79. The topological polar surface area (TPSA) is 73.1 Å². The van der Waals surface area contributed by atoms with E-state index in [4.69, 9.17) is 16.1 Å². The summed E-state index contributed by atoms with van der Waals surface area (Å²) in [6.07, 6.45) is 0. The van der Waals surface area contributed by atoms with Crippen LogP contribution in [0.5, 0.6) is 0 Å². The van der Waals surface area contributed by atoms with E-state index >= 15 is 0 Å². The van der Waals surface area contributed by atoms with Crippen molar-refractivity contribution in [1.29, 1.82) is 0 Å². The number of Topliss-reactive ketones (excluding diaryl/α,β-unsaturated/α-hetero) is 2. The van der Waals surface area contributed by atoms with E-state index in [2.05, 4.69) is 10.1 Å². The molecule has 2 aromatic heterocycles. The number of aryl methyl sites for hydroxylation is 1. The molecule has 1 aliphatic rings. The minimum Gasteiger partial charge on any atom is -0.336 e. The van der Waals surface area contributed by atoms with Crippen LogP contribution in [-0.2, 0) is 0 Å². The number of nitrogens with zero attached hydrogens (tertiary/aromatic N) is 2. The van der Waals surface area contributed by atoms with Gasteiger partial charge in [-0.1, -0.05) is 53.2 Å². The summed E-state index contributed by atoms with van der Waals surface area (Å²) in [7, 11) is 0. The highest BCUT2D eigenvalue weighted by atomic mass is 35.5. The molecule has 4 aromatic rings. The van der Waals surface area contributed by atoms with E-state index in [1.807, 2.05) is 18.2 Å². The van der Waals surface area contributed by atoms with Crippen LogP contribution >= 0.6 is 11.6 Å². The van der Waals surface area contributed by atoms with Crippen LogP contribution in [0.2, 0.25) is 5.02 Å². The van der Waals surface area contributed by atoms with Crippen LogP contribution < -0.4 is 0 Å². The minimum atomic E-state index is -0.580.